The van der Waals surface area contributed by atoms with Gasteiger partial charge in [0.1, 0.15) is 4.88 Å². The van der Waals surface area contributed by atoms with Crippen molar-refractivity contribution in [1.82, 2.24) is 0 Å². The van der Waals surface area contributed by atoms with Crippen LogP contribution in [0.15, 0.2) is 36.4 Å². The van der Waals surface area contributed by atoms with Gasteiger partial charge in [0.2, 0.25) is 5.91 Å². The molecule has 2 heterocycles. The molecular weight excluding hydrogens is 414 g/mol. The Hall–Kier alpha value is -2.22. The Labute approximate surface area is 187 Å². The highest BCUT2D eigenvalue weighted by Gasteiger charge is 2.37. The third kappa shape index (κ3) is 5.93. The molecule has 3 atom stereocenters. The van der Waals surface area contributed by atoms with Crippen LogP contribution in [0.2, 0.25) is 0 Å². The lowest BCUT2D eigenvalue weighted by atomic mass is 10.0. The minimum Gasteiger partial charge on any atom is -0.477 e. The number of carbonyl (C=O) groups excluding carboxylic acids is 1. The van der Waals surface area contributed by atoms with Gasteiger partial charge in [0, 0.05) is 16.5 Å². The van der Waals surface area contributed by atoms with E-state index in [-0.39, 0.29) is 17.9 Å². The average molecular weight is 446 g/mol. The number of amides is 1. The van der Waals surface area contributed by atoms with Crippen molar-refractivity contribution in [3.05, 3.63) is 51.7 Å². The number of carboxylic acids is 1. The molecule has 168 valence electrons. The summed E-state index contributed by atoms with van der Waals surface area (Å²) in [5.41, 5.74) is 1.69. The Morgan fingerprint density at radius 3 is 2.61 bits per heavy atom. The number of aliphatic hydroxyl groups excluding tert-OH is 1. The van der Waals surface area contributed by atoms with Crippen LogP contribution in [0.25, 0.3) is 0 Å². The van der Waals surface area contributed by atoms with Gasteiger partial charge in [-0.25, -0.2) is 4.79 Å². The van der Waals surface area contributed by atoms with Gasteiger partial charge in [-0.3, -0.25) is 4.79 Å². The van der Waals surface area contributed by atoms with Crippen molar-refractivity contribution in [3.8, 4) is 0 Å². The van der Waals surface area contributed by atoms with Crippen molar-refractivity contribution in [2.45, 2.75) is 64.7 Å². The van der Waals surface area contributed by atoms with E-state index in [1.54, 1.807) is 17.0 Å². The molecule has 31 heavy (non-hydrogen) atoms. The fraction of sp³-hybridized carbons (Fsp3) is 0.500. The first kappa shape index (κ1) is 23.4. The Bertz CT molecular complexity index is 878. The van der Waals surface area contributed by atoms with Gasteiger partial charge < -0.3 is 19.8 Å². The summed E-state index contributed by atoms with van der Waals surface area (Å²) in [6, 6.07) is 10.9. The molecule has 3 rings (SSSR count). The second-order valence-corrected chi connectivity index (χ2v) is 9.36. The van der Waals surface area contributed by atoms with E-state index in [1.165, 1.54) is 11.3 Å². The molecule has 2 N–H and O–H groups in total. The van der Waals surface area contributed by atoms with E-state index < -0.39 is 12.1 Å². The standard InChI is InChI=1S/C24H31NO5S/c1-3-4-5-6-21(26)17-7-9-18(10-8-17)25-19(13-16(2)23(25)27)14-30-15-20-11-12-22(31-20)24(28)29/h7-12,16,19,21,26H,3-6,13-15H2,1-2H3,(H,28,29)/t16?,19-,21?/m1/s1. The minimum absolute atomic E-state index is 0.0678. The zero-order valence-corrected chi connectivity index (χ0v) is 18.9. The van der Waals surface area contributed by atoms with Crippen LogP contribution >= 0.6 is 11.3 Å². The van der Waals surface area contributed by atoms with E-state index in [0.29, 0.717) is 24.5 Å². The van der Waals surface area contributed by atoms with Crippen molar-refractivity contribution in [2.24, 2.45) is 5.92 Å². The number of carbonyl (C=O) groups is 2. The predicted molar refractivity (Wildman–Crippen MR) is 122 cm³/mol. The lowest BCUT2D eigenvalue weighted by molar-refractivity contribution is -0.120. The van der Waals surface area contributed by atoms with Crippen LogP contribution < -0.4 is 4.90 Å². The Morgan fingerprint density at radius 1 is 1.23 bits per heavy atom. The molecule has 1 fully saturated rings. The molecule has 0 aliphatic carbocycles. The molecule has 0 spiro atoms. The topological polar surface area (TPSA) is 87.1 Å². The van der Waals surface area contributed by atoms with E-state index >= 15 is 0 Å². The second kappa shape index (κ2) is 10.9. The summed E-state index contributed by atoms with van der Waals surface area (Å²) in [6.07, 6.45) is 4.21. The largest absolute Gasteiger partial charge is 0.477 e. The van der Waals surface area contributed by atoms with Crippen LogP contribution in [0.1, 0.15) is 72.2 Å². The first-order chi connectivity index (χ1) is 14.9. The third-order valence-electron chi connectivity index (χ3n) is 5.71. The molecule has 7 heteroatoms. The van der Waals surface area contributed by atoms with E-state index in [1.807, 2.05) is 31.2 Å². The zero-order valence-electron chi connectivity index (χ0n) is 18.1. The first-order valence-electron chi connectivity index (χ1n) is 10.9. The number of thiophene rings is 1. The van der Waals surface area contributed by atoms with Gasteiger partial charge in [-0.05, 0) is 42.7 Å². The summed E-state index contributed by atoms with van der Waals surface area (Å²) in [7, 11) is 0. The molecule has 1 aliphatic rings. The van der Waals surface area contributed by atoms with Crippen molar-refractivity contribution >= 4 is 28.9 Å². The Morgan fingerprint density at radius 2 is 1.97 bits per heavy atom. The summed E-state index contributed by atoms with van der Waals surface area (Å²) in [5, 5.41) is 19.4. The number of unbranched alkanes of at least 4 members (excludes halogenated alkanes) is 2. The number of anilines is 1. The van der Waals surface area contributed by atoms with Crippen LogP contribution in [0.4, 0.5) is 5.69 Å². The van der Waals surface area contributed by atoms with Gasteiger partial charge in [-0.15, -0.1) is 11.3 Å². The van der Waals surface area contributed by atoms with Gasteiger partial charge >= 0.3 is 5.97 Å². The number of hydrogen-bond acceptors (Lipinski definition) is 5. The van der Waals surface area contributed by atoms with Crippen LogP contribution in [0.5, 0.6) is 0 Å². The maximum atomic E-state index is 12.8. The molecule has 6 nitrogen and oxygen atoms in total. The van der Waals surface area contributed by atoms with Crippen LogP contribution in [0.3, 0.4) is 0 Å². The molecule has 0 radical (unpaired) electrons. The van der Waals surface area contributed by atoms with Gasteiger partial charge in [-0.1, -0.05) is 45.2 Å². The fourth-order valence-electron chi connectivity index (χ4n) is 3.99. The molecule has 1 amide bonds. The predicted octanol–water partition coefficient (Wildman–Crippen LogP) is 5.02. The molecule has 1 aromatic carbocycles. The molecule has 2 aromatic rings. The second-order valence-electron chi connectivity index (χ2n) is 8.19. The summed E-state index contributed by atoms with van der Waals surface area (Å²) in [4.78, 5) is 26.7. The average Bonchev–Trinajstić information content (AvgIpc) is 3.33. The SMILES string of the molecule is CCCCCC(O)c1ccc(N2C(=O)C(C)C[C@@H]2COCc2ccc(C(=O)O)s2)cc1. The molecule has 0 bridgehead atoms. The molecule has 1 aromatic heterocycles. The highest BCUT2D eigenvalue weighted by atomic mass is 32.1. The lowest BCUT2D eigenvalue weighted by Gasteiger charge is -2.25. The molecule has 2 unspecified atom stereocenters. The number of ether oxygens (including phenoxy) is 1. The normalized spacial score (nSPS) is 19.7. The van der Waals surface area contributed by atoms with Gasteiger partial charge in [-0.2, -0.15) is 0 Å². The molecular formula is C24H31NO5S. The number of aromatic carboxylic acids is 1. The van der Waals surface area contributed by atoms with Gasteiger partial charge in [0.25, 0.3) is 0 Å². The van der Waals surface area contributed by atoms with Crippen LogP contribution in [-0.2, 0) is 16.1 Å². The monoisotopic (exact) mass is 445 g/mol. The molecule has 1 aliphatic heterocycles. The van der Waals surface area contributed by atoms with Crippen molar-refractivity contribution in [2.75, 3.05) is 11.5 Å². The fourth-order valence-corrected chi connectivity index (χ4v) is 4.77. The summed E-state index contributed by atoms with van der Waals surface area (Å²) in [6.45, 7) is 4.79. The summed E-state index contributed by atoms with van der Waals surface area (Å²) in [5.74, 6) is -0.932. The lowest BCUT2D eigenvalue weighted by Crippen LogP contribution is -2.36. The maximum Gasteiger partial charge on any atom is 0.345 e. The number of benzene rings is 1. The van der Waals surface area contributed by atoms with E-state index in [0.717, 1.165) is 41.8 Å². The van der Waals surface area contributed by atoms with Crippen molar-refractivity contribution in [1.29, 1.82) is 0 Å². The smallest absolute Gasteiger partial charge is 0.345 e. The third-order valence-corrected chi connectivity index (χ3v) is 6.76. The van der Waals surface area contributed by atoms with E-state index in [9.17, 15) is 14.7 Å². The first-order valence-corrected chi connectivity index (χ1v) is 11.7. The van der Waals surface area contributed by atoms with Crippen LogP contribution in [-0.4, -0.2) is 34.7 Å². The molecule has 1 saturated heterocycles. The number of carboxylic acid groups (broad SMARTS) is 1. The van der Waals surface area contributed by atoms with Crippen molar-refractivity contribution < 1.29 is 24.5 Å². The quantitative estimate of drug-likeness (QED) is 0.474. The number of aliphatic hydroxyl groups is 1. The maximum absolute atomic E-state index is 12.8. The number of nitrogens with zero attached hydrogens (tertiary/aromatic N) is 1. The summed E-state index contributed by atoms with van der Waals surface area (Å²) >= 11 is 1.20. The number of rotatable bonds is 11. The number of hydrogen-bond donors (Lipinski definition) is 2. The Kier molecular flexibility index (Phi) is 8.23. The Balaban J connectivity index is 1.61. The molecule has 0 saturated carbocycles. The van der Waals surface area contributed by atoms with Crippen molar-refractivity contribution in [3.63, 3.8) is 0 Å². The van der Waals surface area contributed by atoms with E-state index in [2.05, 4.69) is 6.92 Å². The van der Waals surface area contributed by atoms with Gasteiger partial charge in [0.05, 0.1) is 25.4 Å². The van der Waals surface area contributed by atoms with Gasteiger partial charge in [0.15, 0.2) is 0 Å². The summed E-state index contributed by atoms with van der Waals surface area (Å²) < 4.78 is 5.85. The highest BCUT2D eigenvalue weighted by Crippen LogP contribution is 2.32. The highest BCUT2D eigenvalue weighted by molar-refractivity contribution is 7.13. The van der Waals surface area contributed by atoms with Crippen LogP contribution in [0, 0.1) is 5.92 Å². The van der Waals surface area contributed by atoms with E-state index in [4.69, 9.17) is 9.84 Å². The minimum atomic E-state index is -0.934. The zero-order chi connectivity index (χ0) is 22.4.